The number of hydrogen-bond donors (Lipinski definition) is 0. The monoisotopic (exact) mass is 311 g/mol. The molecule has 20 heavy (non-hydrogen) atoms. The second kappa shape index (κ2) is 5.92. The van der Waals surface area contributed by atoms with Crippen LogP contribution in [0.1, 0.15) is 25.1 Å². The fourth-order valence-corrected chi connectivity index (χ4v) is 3.41. The van der Waals surface area contributed by atoms with Crippen molar-refractivity contribution in [2.45, 2.75) is 37.7 Å². The maximum absolute atomic E-state index is 6.13. The van der Waals surface area contributed by atoms with Crippen LogP contribution < -0.4 is 0 Å². The fourth-order valence-electron chi connectivity index (χ4n) is 3.04. The van der Waals surface area contributed by atoms with Crippen LogP contribution in [0.4, 0.5) is 0 Å². The molecule has 1 fully saturated rings. The van der Waals surface area contributed by atoms with Crippen molar-refractivity contribution in [2.24, 2.45) is 0 Å². The molecule has 0 N–H and O–H groups in total. The highest BCUT2D eigenvalue weighted by Gasteiger charge is 2.21. The van der Waals surface area contributed by atoms with E-state index in [9.17, 15) is 0 Å². The van der Waals surface area contributed by atoms with E-state index < -0.39 is 0 Å². The van der Waals surface area contributed by atoms with Crippen LogP contribution in [-0.4, -0.2) is 34.1 Å². The smallest absolute Gasteiger partial charge is 0.124 e. The second-order valence-corrected chi connectivity index (χ2v) is 6.24. The van der Waals surface area contributed by atoms with Gasteiger partial charge in [0, 0.05) is 17.6 Å². The summed E-state index contributed by atoms with van der Waals surface area (Å²) in [6.45, 7) is 2.11. The van der Waals surface area contributed by atoms with Crippen LogP contribution >= 0.6 is 23.2 Å². The number of piperidine rings is 1. The van der Waals surface area contributed by atoms with Gasteiger partial charge in [0.2, 0.25) is 0 Å². The highest BCUT2D eigenvalue weighted by atomic mass is 35.5. The number of imidazole rings is 1. The zero-order chi connectivity index (χ0) is 14.1. The Labute approximate surface area is 129 Å². The minimum Gasteiger partial charge on any atom is -0.325 e. The number of hydrogen-bond acceptors (Lipinski definition) is 2. The molecule has 0 spiro atoms. The van der Waals surface area contributed by atoms with E-state index >= 15 is 0 Å². The number of aromatic nitrogens is 2. The van der Waals surface area contributed by atoms with Crippen molar-refractivity contribution in [2.75, 3.05) is 13.6 Å². The number of benzene rings is 1. The fraction of sp³-hybridized carbons (Fsp3) is 0.533. The van der Waals surface area contributed by atoms with Crippen molar-refractivity contribution >= 4 is 34.2 Å². The topological polar surface area (TPSA) is 21.1 Å². The van der Waals surface area contributed by atoms with Gasteiger partial charge in [0.05, 0.1) is 16.9 Å². The average molecular weight is 312 g/mol. The van der Waals surface area contributed by atoms with Gasteiger partial charge < -0.3 is 9.47 Å². The molecule has 3 nitrogen and oxygen atoms in total. The molecule has 2 aromatic rings. The molecule has 1 atom stereocenters. The first kappa shape index (κ1) is 14.2. The quantitative estimate of drug-likeness (QED) is 0.801. The molecule has 1 saturated heterocycles. The lowest BCUT2D eigenvalue weighted by atomic mass is 10.0. The Morgan fingerprint density at radius 2 is 2.20 bits per heavy atom. The molecule has 1 aliphatic rings. The maximum atomic E-state index is 6.13. The van der Waals surface area contributed by atoms with Crippen molar-refractivity contribution in [3.63, 3.8) is 0 Å². The zero-order valence-corrected chi connectivity index (χ0v) is 13.2. The van der Waals surface area contributed by atoms with Gasteiger partial charge in [-0.3, -0.25) is 0 Å². The first-order valence-corrected chi connectivity index (χ1v) is 8.01. The van der Waals surface area contributed by atoms with E-state index in [2.05, 4.69) is 21.5 Å². The summed E-state index contributed by atoms with van der Waals surface area (Å²) in [5.74, 6) is 1.37. The number of alkyl halides is 1. The highest BCUT2D eigenvalue weighted by molar-refractivity contribution is 6.31. The Balaban J connectivity index is 1.98. The first-order chi connectivity index (χ1) is 9.69. The third kappa shape index (κ3) is 2.67. The van der Waals surface area contributed by atoms with E-state index in [0.29, 0.717) is 11.9 Å². The molecular weight excluding hydrogens is 293 g/mol. The molecule has 1 aromatic heterocycles. The number of halogens is 2. The van der Waals surface area contributed by atoms with Gasteiger partial charge in [0.25, 0.3) is 0 Å². The summed E-state index contributed by atoms with van der Waals surface area (Å²) >= 11 is 12.2. The van der Waals surface area contributed by atoms with Crippen LogP contribution in [0, 0.1) is 0 Å². The van der Waals surface area contributed by atoms with Crippen molar-refractivity contribution in [3.05, 3.63) is 29.0 Å². The van der Waals surface area contributed by atoms with E-state index in [1.165, 1.54) is 25.8 Å². The Hall–Kier alpha value is -0.770. The zero-order valence-electron chi connectivity index (χ0n) is 11.6. The predicted molar refractivity (Wildman–Crippen MR) is 84.6 cm³/mol. The van der Waals surface area contributed by atoms with E-state index in [1.54, 1.807) is 0 Å². The Morgan fingerprint density at radius 1 is 1.35 bits per heavy atom. The van der Waals surface area contributed by atoms with Gasteiger partial charge in [-0.1, -0.05) is 18.0 Å². The molecule has 1 aromatic carbocycles. The molecule has 0 aliphatic carbocycles. The standard InChI is InChI=1S/C15H19Cl2N3/c1-19-7-3-2-4-12(19)10-20-14-8-11(17)5-6-13(14)18-15(20)9-16/h5-6,8,12H,2-4,7,9-10H2,1H3. The van der Waals surface area contributed by atoms with Gasteiger partial charge in [0.15, 0.2) is 0 Å². The third-order valence-electron chi connectivity index (χ3n) is 4.22. The number of fused-ring (bicyclic) bond motifs is 1. The minimum absolute atomic E-state index is 0.433. The lowest BCUT2D eigenvalue weighted by Crippen LogP contribution is -2.39. The molecule has 0 amide bonds. The molecule has 5 heteroatoms. The van der Waals surface area contributed by atoms with Crippen LogP contribution in [-0.2, 0) is 12.4 Å². The molecule has 2 heterocycles. The average Bonchev–Trinajstić information content (AvgIpc) is 2.79. The molecule has 1 aliphatic heterocycles. The van der Waals surface area contributed by atoms with E-state index in [1.807, 2.05) is 18.2 Å². The number of nitrogens with zero attached hydrogens (tertiary/aromatic N) is 3. The number of rotatable bonds is 3. The summed E-state index contributed by atoms with van der Waals surface area (Å²) in [7, 11) is 2.20. The van der Waals surface area contributed by atoms with Crippen LogP contribution in [0.5, 0.6) is 0 Å². The van der Waals surface area contributed by atoms with Gasteiger partial charge in [-0.25, -0.2) is 4.98 Å². The summed E-state index contributed by atoms with van der Waals surface area (Å²) < 4.78 is 2.24. The minimum atomic E-state index is 0.433. The molecule has 1 unspecified atom stereocenters. The molecule has 3 rings (SSSR count). The second-order valence-electron chi connectivity index (χ2n) is 5.54. The Bertz CT molecular complexity index is 608. The van der Waals surface area contributed by atoms with Crippen molar-refractivity contribution in [3.8, 4) is 0 Å². The molecule has 0 bridgehead atoms. The van der Waals surface area contributed by atoms with Crippen molar-refractivity contribution in [1.29, 1.82) is 0 Å². The lowest BCUT2D eigenvalue weighted by Gasteiger charge is -2.33. The molecule has 0 saturated carbocycles. The normalized spacial score (nSPS) is 20.6. The Kier molecular flexibility index (Phi) is 4.20. The van der Waals surface area contributed by atoms with Crippen molar-refractivity contribution < 1.29 is 0 Å². The van der Waals surface area contributed by atoms with Crippen LogP contribution in [0.2, 0.25) is 5.02 Å². The summed E-state index contributed by atoms with van der Waals surface area (Å²) in [6, 6.07) is 6.39. The Morgan fingerprint density at radius 3 is 2.95 bits per heavy atom. The van der Waals surface area contributed by atoms with Crippen molar-refractivity contribution in [1.82, 2.24) is 14.5 Å². The van der Waals surface area contributed by atoms with Gasteiger partial charge in [-0.2, -0.15) is 0 Å². The lowest BCUT2D eigenvalue weighted by molar-refractivity contribution is 0.168. The van der Waals surface area contributed by atoms with Crippen LogP contribution in [0.15, 0.2) is 18.2 Å². The van der Waals surface area contributed by atoms with Gasteiger partial charge >= 0.3 is 0 Å². The summed E-state index contributed by atoms with van der Waals surface area (Å²) in [5, 5.41) is 0.747. The number of likely N-dealkylation sites (N-methyl/N-ethyl adjacent to an activating group) is 1. The number of likely N-dealkylation sites (tertiary alicyclic amines) is 1. The largest absolute Gasteiger partial charge is 0.325 e. The molecule has 0 radical (unpaired) electrons. The van der Waals surface area contributed by atoms with Crippen LogP contribution in [0.25, 0.3) is 11.0 Å². The molecule has 108 valence electrons. The van der Waals surface area contributed by atoms with E-state index in [-0.39, 0.29) is 0 Å². The van der Waals surface area contributed by atoms with Gasteiger partial charge in [0.1, 0.15) is 5.82 Å². The maximum Gasteiger partial charge on any atom is 0.124 e. The van der Waals surface area contributed by atoms with Crippen LogP contribution in [0.3, 0.4) is 0 Å². The summed E-state index contributed by atoms with van der Waals surface area (Å²) in [5.41, 5.74) is 2.07. The van der Waals surface area contributed by atoms with E-state index in [0.717, 1.165) is 28.4 Å². The SMILES string of the molecule is CN1CCCCC1Cn1c(CCl)nc2ccc(Cl)cc21. The third-order valence-corrected chi connectivity index (χ3v) is 4.70. The molecular formula is C15H19Cl2N3. The summed E-state index contributed by atoms with van der Waals surface area (Å²) in [4.78, 5) is 7.06. The van der Waals surface area contributed by atoms with Gasteiger partial charge in [-0.05, 0) is 44.6 Å². The predicted octanol–water partition coefficient (Wildman–Crippen LogP) is 3.91. The van der Waals surface area contributed by atoms with Gasteiger partial charge in [-0.15, -0.1) is 11.6 Å². The first-order valence-electron chi connectivity index (χ1n) is 7.10. The summed E-state index contributed by atoms with van der Waals surface area (Å²) in [6.07, 6.45) is 3.84. The van der Waals surface area contributed by atoms with E-state index in [4.69, 9.17) is 23.2 Å². The highest BCUT2D eigenvalue weighted by Crippen LogP contribution is 2.24.